The molecule has 1 aliphatic heterocycles. The summed E-state index contributed by atoms with van der Waals surface area (Å²) in [5, 5.41) is 3.55. The molecule has 1 aromatic rings. The summed E-state index contributed by atoms with van der Waals surface area (Å²) in [6.45, 7) is 9.01. The Morgan fingerprint density at radius 2 is 2.21 bits per heavy atom. The number of rotatable bonds is 9. The van der Waals surface area contributed by atoms with Crippen LogP contribution in [0.2, 0.25) is 0 Å². The first kappa shape index (κ1) is 18.3. The van der Waals surface area contributed by atoms with Gasteiger partial charge < -0.3 is 16.0 Å². The number of nitrogen functional groups attached to an aromatic ring is 1. The van der Waals surface area contributed by atoms with E-state index in [1.54, 1.807) is 0 Å². The van der Waals surface area contributed by atoms with Crippen LogP contribution in [-0.4, -0.2) is 62.6 Å². The summed E-state index contributed by atoms with van der Waals surface area (Å²) in [6, 6.07) is 6.31. The van der Waals surface area contributed by atoms with Crippen molar-refractivity contribution in [3.05, 3.63) is 36.5 Å². The minimum atomic E-state index is 0.857. The van der Waals surface area contributed by atoms with E-state index in [0.29, 0.717) is 0 Å². The largest absolute Gasteiger partial charge is 0.399 e. The number of hydrogen-bond donors (Lipinski definition) is 2. The molecular formula is C19H32N5+. The van der Waals surface area contributed by atoms with Gasteiger partial charge >= 0.3 is 0 Å². The zero-order valence-corrected chi connectivity index (χ0v) is 15.2. The van der Waals surface area contributed by atoms with Crippen LogP contribution < -0.4 is 16.0 Å². The Labute approximate surface area is 146 Å². The fourth-order valence-electron chi connectivity index (χ4n) is 3.12. The monoisotopic (exact) mass is 330 g/mol. The van der Waals surface area contributed by atoms with Crippen LogP contribution in [-0.2, 0) is 6.42 Å². The van der Waals surface area contributed by atoms with E-state index in [2.05, 4.69) is 40.2 Å². The first-order valence-corrected chi connectivity index (χ1v) is 8.84. The lowest BCUT2D eigenvalue weighted by atomic mass is 10.0. The van der Waals surface area contributed by atoms with Crippen LogP contribution in [0.25, 0.3) is 0 Å². The second-order valence-corrected chi connectivity index (χ2v) is 6.58. The predicted molar refractivity (Wildman–Crippen MR) is 104 cm³/mol. The number of nitrogens with zero attached hydrogens (tertiary/aromatic N) is 3. The molecule has 2 rings (SSSR count). The summed E-state index contributed by atoms with van der Waals surface area (Å²) in [5.41, 5.74) is 9.56. The molecule has 0 amide bonds. The topological polar surface area (TPSA) is 47.5 Å². The van der Waals surface area contributed by atoms with Crippen molar-refractivity contribution in [3.63, 3.8) is 0 Å². The highest BCUT2D eigenvalue weighted by Crippen LogP contribution is 2.28. The van der Waals surface area contributed by atoms with Crippen molar-refractivity contribution in [2.24, 2.45) is 0 Å². The van der Waals surface area contributed by atoms with E-state index in [4.69, 9.17) is 5.73 Å². The van der Waals surface area contributed by atoms with E-state index in [1.165, 1.54) is 24.1 Å². The lowest BCUT2D eigenvalue weighted by Crippen LogP contribution is -2.36. The zero-order valence-electron chi connectivity index (χ0n) is 15.2. The van der Waals surface area contributed by atoms with Crippen LogP contribution in [0.15, 0.2) is 31.0 Å². The number of fused-ring (bicyclic) bond motifs is 1. The lowest BCUT2D eigenvalue weighted by molar-refractivity contribution is -0.463. The predicted octanol–water partition coefficient (Wildman–Crippen LogP) is 1.75. The molecule has 0 fully saturated rings. The molecule has 0 atom stereocenters. The number of nitrogens with one attached hydrogen (secondary N) is 1. The summed E-state index contributed by atoms with van der Waals surface area (Å²) in [5.74, 6) is 0. The van der Waals surface area contributed by atoms with Crippen molar-refractivity contribution in [1.82, 2.24) is 10.2 Å². The molecule has 1 aliphatic rings. The van der Waals surface area contributed by atoms with Crippen LogP contribution >= 0.6 is 0 Å². The van der Waals surface area contributed by atoms with E-state index in [-0.39, 0.29) is 0 Å². The number of anilines is 2. The third-order valence-electron chi connectivity index (χ3n) is 4.27. The first-order chi connectivity index (χ1) is 11.6. The quantitative estimate of drug-likeness (QED) is 0.238. The van der Waals surface area contributed by atoms with E-state index in [1.807, 2.05) is 30.9 Å². The van der Waals surface area contributed by atoms with Gasteiger partial charge in [0, 0.05) is 31.0 Å². The SMILES string of the molecule is C=CN(C=[N+](C)C)CCCNCCN1CCCc2ccc(N)cc21. The highest BCUT2D eigenvalue weighted by molar-refractivity contribution is 5.62. The Balaban J connectivity index is 1.69. The average molecular weight is 330 g/mol. The minimum Gasteiger partial charge on any atom is -0.399 e. The van der Waals surface area contributed by atoms with Gasteiger partial charge in [0.05, 0.1) is 26.8 Å². The Kier molecular flexibility index (Phi) is 7.12. The van der Waals surface area contributed by atoms with E-state index in [0.717, 1.165) is 44.8 Å². The van der Waals surface area contributed by atoms with Crippen molar-refractivity contribution in [3.8, 4) is 0 Å². The van der Waals surface area contributed by atoms with E-state index >= 15 is 0 Å². The Morgan fingerprint density at radius 1 is 1.38 bits per heavy atom. The summed E-state index contributed by atoms with van der Waals surface area (Å²) < 4.78 is 2.04. The molecule has 0 radical (unpaired) electrons. The zero-order chi connectivity index (χ0) is 17.4. The summed E-state index contributed by atoms with van der Waals surface area (Å²) >= 11 is 0. The molecule has 0 saturated carbocycles. The van der Waals surface area contributed by atoms with Gasteiger partial charge in [-0.25, -0.2) is 4.90 Å². The first-order valence-electron chi connectivity index (χ1n) is 8.84. The number of benzene rings is 1. The molecule has 5 heteroatoms. The molecule has 5 nitrogen and oxygen atoms in total. The smallest absolute Gasteiger partial charge is 0.238 e. The van der Waals surface area contributed by atoms with Crippen molar-refractivity contribution >= 4 is 17.7 Å². The highest BCUT2D eigenvalue weighted by atomic mass is 15.2. The molecule has 132 valence electrons. The lowest BCUT2D eigenvalue weighted by Gasteiger charge is -2.31. The van der Waals surface area contributed by atoms with Gasteiger partial charge in [0.15, 0.2) is 0 Å². The van der Waals surface area contributed by atoms with Gasteiger partial charge in [0.25, 0.3) is 0 Å². The molecule has 0 aliphatic carbocycles. The van der Waals surface area contributed by atoms with Gasteiger partial charge in [-0.2, -0.15) is 0 Å². The van der Waals surface area contributed by atoms with Crippen molar-refractivity contribution in [2.45, 2.75) is 19.3 Å². The Hall–Kier alpha value is -2.01. The summed E-state index contributed by atoms with van der Waals surface area (Å²) in [4.78, 5) is 4.57. The Morgan fingerprint density at radius 3 is 2.96 bits per heavy atom. The van der Waals surface area contributed by atoms with Crippen LogP contribution in [0.3, 0.4) is 0 Å². The maximum absolute atomic E-state index is 5.95. The molecule has 24 heavy (non-hydrogen) atoms. The standard InChI is InChI=1S/C19H32N5/c1-4-23(16-22(2)3)12-6-10-21-11-14-24-13-5-7-17-8-9-18(20)15-19(17)24/h4,8-9,15-16,21H,1,5-7,10-14,20H2,2-3H3/q+1. The molecule has 3 N–H and O–H groups in total. The summed E-state index contributed by atoms with van der Waals surface area (Å²) in [6.07, 6.45) is 7.42. The van der Waals surface area contributed by atoms with Gasteiger partial charge in [-0.05, 0) is 43.5 Å². The van der Waals surface area contributed by atoms with Crippen LogP contribution in [0, 0.1) is 0 Å². The fourth-order valence-corrected chi connectivity index (χ4v) is 3.12. The van der Waals surface area contributed by atoms with Gasteiger partial charge in [0.1, 0.15) is 0 Å². The Bertz CT molecular complexity index is 563. The number of aryl methyl sites for hydroxylation is 1. The van der Waals surface area contributed by atoms with Gasteiger partial charge in [-0.15, -0.1) is 0 Å². The molecule has 0 saturated heterocycles. The molecule has 0 aromatic heterocycles. The number of hydrogen-bond acceptors (Lipinski definition) is 3. The average Bonchev–Trinajstić information content (AvgIpc) is 2.56. The van der Waals surface area contributed by atoms with Gasteiger partial charge in [-0.1, -0.05) is 12.6 Å². The normalized spacial score (nSPS) is 13.3. The second kappa shape index (κ2) is 9.33. The van der Waals surface area contributed by atoms with Gasteiger partial charge in [-0.3, -0.25) is 4.58 Å². The third kappa shape index (κ3) is 5.57. The molecule has 0 bridgehead atoms. The maximum Gasteiger partial charge on any atom is 0.238 e. The molecule has 1 heterocycles. The van der Waals surface area contributed by atoms with Crippen LogP contribution in [0.4, 0.5) is 11.4 Å². The highest BCUT2D eigenvalue weighted by Gasteiger charge is 2.16. The third-order valence-corrected chi connectivity index (χ3v) is 4.27. The van der Waals surface area contributed by atoms with Crippen LogP contribution in [0.1, 0.15) is 18.4 Å². The van der Waals surface area contributed by atoms with E-state index in [9.17, 15) is 0 Å². The van der Waals surface area contributed by atoms with E-state index < -0.39 is 0 Å². The molecule has 1 aromatic carbocycles. The fraction of sp³-hybridized carbons (Fsp3) is 0.526. The second-order valence-electron chi connectivity index (χ2n) is 6.58. The maximum atomic E-state index is 5.95. The minimum absolute atomic E-state index is 0.857. The molecule has 0 spiro atoms. The molecular weight excluding hydrogens is 298 g/mol. The number of nitrogens with two attached hydrogens (primary N) is 1. The van der Waals surface area contributed by atoms with Crippen molar-refractivity contribution in [1.29, 1.82) is 0 Å². The molecule has 0 unspecified atom stereocenters. The van der Waals surface area contributed by atoms with Crippen molar-refractivity contribution < 1.29 is 4.58 Å². The van der Waals surface area contributed by atoms with Crippen LogP contribution in [0.5, 0.6) is 0 Å². The van der Waals surface area contributed by atoms with Crippen molar-refractivity contribution in [2.75, 3.05) is 57.5 Å². The van der Waals surface area contributed by atoms with Gasteiger partial charge in [0.2, 0.25) is 6.34 Å². The summed E-state index contributed by atoms with van der Waals surface area (Å²) in [7, 11) is 4.05.